The summed E-state index contributed by atoms with van der Waals surface area (Å²) < 4.78 is 0. The molecule has 1 aliphatic heterocycles. The molecular formula is C12H23N3O3. The number of amides is 2. The maximum Gasteiger partial charge on any atom is 0.326 e. The zero-order chi connectivity index (χ0) is 13.7. The van der Waals surface area contributed by atoms with E-state index in [9.17, 15) is 9.59 Å². The molecule has 2 N–H and O–H groups in total. The van der Waals surface area contributed by atoms with Crippen LogP contribution in [0, 0.1) is 0 Å². The van der Waals surface area contributed by atoms with E-state index in [1.54, 1.807) is 11.8 Å². The van der Waals surface area contributed by atoms with Crippen molar-refractivity contribution >= 4 is 12.0 Å². The van der Waals surface area contributed by atoms with Gasteiger partial charge in [0.1, 0.15) is 6.04 Å². The van der Waals surface area contributed by atoms with Crippen LogP contribution in [0.1, 0.15) is 26.2 Å². The molecule has 2 atom stereocenters. The number of rotatable bonds is 4. The molecule has 1 heterocycles. The first-order valence-electron chi connectivity index (χ1n) is 6.40. The molecule has 0 bridgehead atoms. The van der Waals surface area contributed by atoms with Crippen molar-refractivity contribution in [2.45, 2.75) is 38.3 Å². The summed E-state index contributed by atoms with van der Waals surface area (Å²) >= 11 is 0. The van der Waals surface area contributed by atoms with Crippen LogP contribution in [0.3, 0.4) is 0 Å². The molecule has 1 unspecified atom stereocenters. The summed E-state index contributed by atoms with van der Waals surface area (Å²) in [6.07, 6.45) is 2.43. The molecule has 0 aliphatic carbocycles. The largest absolute Gasteiger partial charge is 0.480 e. The highest BCUT2D eigenvalue weighted by atomic mass is 16.4. The van der Waals surface area contributed by atoms with E-state index in [0.717, 1.165) is 12.8 Å². The van der Waals surface area contributed by atoms with Gasteiger partial charge in [-0.05, 0) is 33.4 Å². The summed E-state index contributed by atoms with van der Waals surface area (Å²) in [7, 11) is 4.00. The summed E-state index contributed by atoms with van der Waals surface area (Å²) in [5, 5.41) is 11.5. The van der Waals surface area contributed by atoms with E-state index in [4.69, 9.17) is 5.11 Å². The average molecular weight is 257 g/mol. The number of aliphatic carboxylic acids is 1. The summed E-state index contributed by atoms with van der Waals surface area (Å²) in [5.74, 6) is -0.980. The smallest absolute Gasteiger partial charge is 0.326 e. The molecule has 1 rings (SSSR count). The first-order valence-corrected chi connectivity index (χ1v) is 6.40. The maximum atomic E-state index is 12.0. The van der Waals surface area contributed by atoms with Gasteiger partial charge >= 0.3 is 12.0 Å². The van der Waals surface area contributed by atoms with E-state index in [-0.39, 0.29) is 6.03 Å². The highest BCUT2D eigenvalue weighted by molar-refractivity contribution is 5.82. The maximum absolute atomic E-state index is 12.0. The zero-order valence-corrected chi connectivity index (χ0v) is 11.3. The van der Waals surface area contributed by atoms with Crippen LogP contribution < -0.4 is 5.32 Å². The topological polar surface area (TPSA) is 72.9 Å². The summed E-state index contributed by atoms with van der Waals surface area (Å²) in [6, 6.07) is -0.706. The first-order chi connectivity index (χ1) is 8.45. The standard InChI is InChI=1S/C12H23N3O3/c1-4-10(11(16)17)13-12(18)15-7-5-6-9(8-15)14(2)3/h9-10H,4-8H2,1-3H3,(H,13,18)(H,16,17)/t9?,10-/m1/s1. The highest BCUT2D eigenvalue weighted by Gasteiger charge is 2.27. The predicted octanol–water partition coefficient (Wildman–Crippen LogP) is 0.585. The molecule has 0 aromatic rings. The summed E-state index contributed by atoms with van der Waals surface area (Å²) in [5.41, 5.74) is 0. The van der Waals surface area contributed by atoms with E-state index < -0.39 is 12.0 Å². The SMILES string of the molecule is CC[C@@H](NC(=O)N1CCCC(N(C)C)C1)C(=O)O. The Hall–Kier alpha value is -1.30. The molecular weight excluding hydrogens is 234 g/mol. The molecule has 0 saturated carbocycles. The lowest BCUT2D eigenvalue weighted by molar-refractivity contribution is -0.139. The average Bonchev–Trinajstić information content (AvgIpc) is 2.35. The third kappa shape index (κ3) is 3.87. The van der Waals surface area contributed by atoms with Crippen LogP contribution in [0.15, 0.2) is 0 Å². The van der Waals surface area contributed by atoms with Crippen LogP contribution in [0.4, 0.5) is 4.79 Å². The minimum atomic E-state index is -0.980. The first kappa shape index (κ1) is 14.8. The molecule has 1 saturated heterocycles. The molecule has 0 spiro atoms. The van der Waals surface area contributed by atoms with E-state index in [0.29, 0.717) is 25.6 Å². The van der Waals surface area contributed by atoms with Crippen molar-refractivity contribution < 1.29 is 14.7 Å². The minimum Gasteiger partial charge on any atom is -0.480 e. The molecule has 2 amide bonds. The van der Waals surface area contributed by atoms with Crippen LogP contribution >= 0.6 is 0 Å². The van der Waals surface area contributed by atoms with Crippen molar-refractivity contribution in [1.82, 2.24) is 15.1 Å². The van der Waals surface area contributed by atoms with Gasteiger partial charge in [0, 0.05) is 19.1 Å². The van der Waals surface area contributed by atoms with Gasteiger partial charge in [-0.1, -0.05) is 6.92 Å². The second kappa shape index (κ2) is 6.58. The monoisotopic (exact) mass is 257 g/mol. The number of carbonyl (C=O) groups excluding carboxylic acids is 1. The van der Waals surface area contributed by atoms with E-state index in [2.05, 4.69) is 10.2 Å². The molecule has 6 heteroatoms. The van der Waals surface area contributed by atoms with Gasteiger partial charge in [-0.3, -0.25) is 0 Å². The van der Waals surface area contributed by atoms with Crippen molar-refractivity contribution in [3.05, 3.63) is 0 Å². The van der Waals surface area contributed by atoms with Crippen molar-refractivity contribution in [1.29, 1.82) is 0 Å². The number of carbonyl (C=O) groups is 2. The second-order valence-electron chi connectivity index (χ2n) is 4.95. The Balaban J connectivity index is 2.53. The predicted molar refractivity (Wildman–Crippen MR) is 68.5 cm³/mol. The lowest BCUT2D eigenvalue weighted by atomic mass is 10.1. The highest BCUT2D eigenvalue weighted by Crippen LogP contribution is 2.13. The van der Waals surface area contributed by atoms with Gasteiger partial charge in [-0.25, -0.2) is 9.59 Å². The Morgan fingerprint density at radius 1 is 1.50 bits per heavy atom. The molecule has 104 valence electrons. The Morgan fingerprint density at radius 2 is 2.17 bits per heavy atom. The van der Waals surface area contributed by atoms with Gasteiger partial charge < -0.3 is 20.2 Å². The number of likely N-dealkylation sites (tertiary alicyclic amines) is 1. The van der Waals surface area contributed by atoms with Gasteiger partial charge in [0.2, 0.25) is 0 Å². The number of carboxylic acid groups (broad SMARTS) is 1. The Morgan fingerprint density at radius 3 is 2.67 bits per heavy atom. The van der Waals surface area contributed by atoms with Crippen LogP contribution in [-0.4, -0.2) is 66.2 Å². The zero-order valence-electron chi connectivity index (χ0n) is 11.3. The number of hydrogen-bond acceptors (Lipinski definition) is 3. The second-order valence-corrected chi connectivity index (χ2v) is 4.95. The molecule has 18 heavy (non-hydrogen) atoms. The lowest BCUT2D eigenvalue weighted by Gasteiger charge is -2.36. The molecule has 6 nitrogen and oxygen atoms in total. The van der Waals surface area contributed by atoms with Gasteiger partial charge in [-0.2, -0.15) is 0 Å². The van der Waals surface area contributed by atoms with Crippen LogP contribution in [0.2, 0.25) is 0 Å². The van der Waals surface area contributed by atoms with Crippen molar-refractivity contribution in [2.24, 2.45) is 0 Å². The van der Waals surface area contributed by atoms with Gasteiger partial charge in [0.15, 0.2) is 0 Å². The molecule has 1 aliphatic rings. The Bertz CT molecular complexity index is 307. The van der Waals surface area contributed by atoms with E-state index >= 15 is 0 Å². The van der Waals surface area contributed by atoms with Gasteiger partial charge in [0.25, 0.3) is 0 Å². The van der Waals surface area contributed by atoms with Gasteiger partial charge in [-0.15, -0.1) is 0 Å². The normalized spacial score (nSPS) is 21.8. The number of piperidine rings is 1. The number of urea groups is 1. The third-order valence-electron chi connectivity index (χ3n) is 3.42. The van der Waals surface area contributed by atoms with E-state index in [1.807, 2.05) is 14.1 Å². The van der Waals surface area contributed by atoms with Crippen molar-refractivity contribution in [3.63, 3.8) is 0 Å². The van der Waals surface area contributed by atoms with Crippen molar-refractivity contribution in [2.75, 3.05) is 27.2 Å². The van der Waals surface area contributed by atoms with Crippen molar-refractivity contribution in [3.8, 4) is 0 Å². The fraction of sp³-hybridized carbons (Fsp3) is 0.833. The van der Waals surface area contributed by atoms with Gasteiger partial charge in [0.05, 0.1) is 0 Å². The summed E-state index contributed by atoms with van der Waals surface area (Å²) in [4.78, 5) is 26.7. The third-order valence-corrected chi connectivity index (χ3v) is 3.42. The Labute approximate surface area is 108 Å². The molecule has 1 fully saturated rings. The lowest BCUT2D eigenvalue weighted by Crippen LogP contribution is -2.53. The number of nitrogens with one attached hydrogen (secondary N) is 1. The number of hydrogen-bond donors (Lipinski definition) is 2. The Kier molecular flexibility index (Phi) is 5.40. The fourth-order valence-corrected chi connectivity index (χ4v) is 2.14. The molecule has 0 radical (unpaired) electrons. The fourth-order valence-electron chi connectivity index (χ4n) is 2.14. The van der Waals surface area contributed by atoms with Crippen LogP contribution in [0.5, 0.6) is 0 Å². The van der Waals surface area contributed by atoms with Crippen LogP contribution in [-0.2, 0) is 4.79 Å². The minimum absolute atomic E-state index is 0.268. The van der Waals surface area contributed by atoms with E-state index in [1.165, 1.54) is 0 Å². The number of nitrogens with zero attached hydrogens (tertiary/aromatic N) is 2. The number of likely N-dealkylation sites (N-methyl/N-ethyl adjacent to an activating group) is 1. The number of carboxylic acids is 1. The van der Waals surface area contributed by atoms with Crippen LogP contribution in [0.25, 0.3) is 0 Å². The molecule has 0 aromatic carbocycles. The summed E-state index contributed by atoms with van der Waals surface area (Å²) in [6.45, 7) is 3.11. The molecule has 0 aromatic heterocycles. The quantitative estimate of drug-likeness (QED) is 0.773.